The summed E-state index contributed by atoms with van der Waals surface area (Å²) in [6, 6.07) is 40.1. The maximum absolute atomic E-state index is 12.7. The molecule has 0 saturated carbocycles. The van der Waals surface area contributed by atoms with Gasteiger partial charge in [-0.05, 0) is 132 Å². The van der Waals surface area contributed by atoms with Gasteiger partial charge in [-0.15, -0.1) is 0 Å². The quantitative estimate of drug-likeness (QED) is 0.0867. The molecule has 98 heavy (non-hydrogen) atoms. The fourth-order valence-electron chi connectivity index (χ4n) is 13.1. The third kappa shape index (κ3) is 17.2. The van der Waals surface area contributed by atoms with E-state index in [1.54, 1.807) is 28.5 Å². The molecule has 2 saturated heterocycles. The third-order valence-electron chi connectivity index (χ3n) is 18.6. The fraction of sp³-hybridized carbons (Fsp3) is 0.324. The second-order valence-electron chi connectivity index (χ2n) is 25.1. The highest BCUT2D eigenvalue weighted by molar-refractivity contribution is 7.88. The first-order valence-corrected chi connectivity index (χ1v) is 36.2. The molecule has 4 aliphatic rings. The number of aromatic nitrogens is 4. The van der Waals surface area contributed by atoms with Crippen molar-refractivity contribution in [3.8, 4) is 11.5 Å². The Morgan fingerprint density at radius 3 is 1.24 bits per heavy atom. The third-order valence-corrected chi connectivity index (χ3v) is 21.2. The number of benzene rings is 6. The second kappa shape index (κ2) is 29.9. The van der Waals surface area contributed by atoms with Gasteiger partial charge in [-0.2, -0.15) is 30.6 Å². The maximum atomic E-state index is 12.7. The lowest BCUT2D eigenvalue weighted by atomic mass is 9.89. The highest BCUT2D eigenvalue weighted by Crippen LogP contribution is 2.40. The predicted molar refractivity (Wildman–Crippen MR) is 371 cm³/mol. The molecule has 16 nitrogen and oxygen atoms in total. The number of amides is 2. The van der Waals surface area contributed by atoms with Crippen molar-refractivity contribution in [3.05, 3.63) is 215 Å². The van der Waals surface area contributed by atoms with Crippen molar-refractivity contribution in [3.63, 3.8) is 0 Å². The van der Waals surface area contributed by atoms with Gasteiger partial charge in [-0.25, -0.2) is 21.1 Å². The van der Waals surface area contributed by atoms with Crippen LogP contribution in [0.25, 0.3) is 54.8 Å². The SMILES string of the molecule is CC(=O)N1CC=C(c2c[nH]c3cc(C(F)(F)F)ccc23)CC1.CC(=O)N1CCC(c2c[nH]c3cc(OCc4ccccc4)ccc23)CC1.CS(=O)(=O)N1CC=C(c2c[nH]c3cc(C(F)(F)F)ccc23)CC1.CS(=O)(=O)N1CCC(c2c[nH]c3cc(OCc4ccccc4)ccc23)CC1. The number of aromatic amines is 4. The normalized spacial score (nSPS) is 16.3. The van der Waals surface area contributed by atoms with Crippen LogP contribution < -0.4 is 9.47 Å². The lowest BCUT2D eigenvalue weighted by Gasteiger charge is -2.31. The van der Waals surface area contributed by atoms with E-state index in [0.717, 1.165) is 131 Å². The van der Waals surface area contributed by atoms with E-state index >= 15 is 0 Å². The molecule has 2 fully saturated rings. The number of nitrogens with one attached hydrogen (secondary N) is 4. The number of H-pyrrole nitrogens is 4. The molecule has 8 heterocycles. The second-order valence-corrected chi connectivity index (χ2v) is 29.1. The largest absolute Gasteiger partial charge is 0.489 e. The Bertz CT molecular complexity index is 4760. The van der Waals surface area contributed by atoms with Crippen LogP contribution in [0, 0.1) is 0 Å². The lowest BCUT2D eigenvalue weighted by Crippen LogP contribution is -2.37. The lowest BCUT2D eigenvalue weighted by molar-refractivity contribution is -0.138. The molecule has 516 valence electrons. The number of carbonyl (C=O) groups excluding carboxylic acids is 2. The summed E-state index contributed by atoms with van der Waals surface area (Å²) in [4.78, 5) is 39.0. The highest BCUT2D eigenvalue weighted by Gasteiger charge is 2.33. The van der Waals surface area contributed by atoms with E-state index in [0.29, 0.717) is 87.0 Å². The standard InChI is InChI=1S/C22H24N2O2.C21H24N2O3S.C16H15F3N2O.C15H15F3N2O2S/c1-16(25)24-11-9-18(10-12-24)21-14-23-22-13-19(7-8-20(21)22)26-15-17-5-3-2-4-6-17;1-27(24,25)23-11-9-17(10-12-23)20-14-22-21-13-18(7-8-19(20)21)26-15-16-5-3-2-4-6-16;1-10(22)21-6-4-11(5-7-21)14-9-20-15-8-12(16(17,18)19)2-3-13(14)15;1-23(21,22)20-6-4-10(5-7-20)13-9-19-14-8-11(15(16,17)18)2-3-12(13)14/h2-8,13-14,18,23H,9-12,15H2,1H3;2-8,13-14,17,22H,9-12,15H2,1H3;2-4,8-9,20H,5-7H2,1H3;2-4,8-9,19H,5-7H2,1H3. The number of piperidine rings is 2. The Kier molecular flexibility index (Phi) is 21.5. The van der Waals surface area contributed by atoms with Gasteiger partial charge in [-0.3, -0.25) is 9.59 Å². The minimum absolute atomic E-state index is 0.0315. The Morgan fingerprint density at radius 1 is 0.459 bits per heavy atom. The Balaban J connectivity index is 0.000000133. The molecule has 0 aliphatic carbocycles. The van der Waals surface area contributed by atoms with Crippen LogP contribution in [0.1, 0.15) is 109 Å². The molecule has 4 aliphatic heterocycles. The van der Waals surface area contributed by atoms with Gasteiger partial charge in [0.1, 0.15) is 24.7 Å². The number of fused-ring (bicyclic) bond motifs is 4. The number of rotatable bonds is 12. The topological polar surface area (TPSA) is 197 Å². The monoisotopic (exact) mass is 1380 g/mol. The van der Waals surface area contributed by atoms with Crippen molar-refractivity contribution in [2.45, 2.75) is 89.8 Å². The summed E-state index contributed by atoms with van der Waals surface area (Å²) in [5.41, 5.74) is 10.4. The zero-order chi connectivity index (χ0) is 69.5. The number of ether oxygens (including phenoxy) is 2. The average Bonchev–Trinajstić information content (AvgIpc) is 1.63. The summed E-state index contributed by atoms with van der Waals surface area (Å²) in [5.74, 6) is 2.82. The number of nitrogens with zero attached hydrogens (tertiary/aromatic N) is 4. The van der Waals surface area contributed by atoms with Crippen molar-refractivity contribution in [1.82, 2.24) is 38.3 Å². The van der Waals surface area contributed by atoms with Gasteiger partial charge < -0.3 is 39.2 Å². The molecule has 6 aromatic carbocycles. The number of likely N-dealkylation sites (tertiary alicyclic amines) is 1. The molecule has 14 rings (SSSR count). The van der Waals surface area contributed by atoms with Gasteiger partial charge >= 0.3 is 12.4 Å². The van der Waals surface area contributed by atoms with Crippen LogP contribution in [-0.2, 0) is 55.2 Å². The van der Waals surface area contributed by atoms with Gasteiger partial charge in [0.2, 0.25) is 31.9 Å². The smallest absolute Gasteiger partial charge is 0.416 e. The summed E-state index contributed by atoms with van der Waals surface area (Å²) in [5, 5.41) is 3.94. The van der Waals surface area contributed by atoms with Crippen LogP contribution in [0.4, 0.5) is 26.3 Å². The number of alkyl halides is 6. The first-order valence-electron chi connectivity index (χ1n) is 32.5. The Hall–Kier alpha value is -9.10. The summed E-state index contributed by atoms with van der Waals surface area (Å²) < 4.78 is 138. The van der Waals surface area contributed by atoms with Gasteiger partial charge in [0, 0.05) is 158 Å². The van der Waals surface area contributed by atoms with Gasteiger partial charge in [0.15, 0.2) is 0 Å². The summed E-state index contributed by atoms with van der Waals surface area (Å²) in [6.07, 6.45) is 10.1. The summed E-state index contributed by atoms with van der Waals surface area (Å²) >= 11 is 0. The zero-order valence-corrected chi connectivity index (χ0v) is 56.4. The van der Waals surface area contributed by atoms with Gasteiger partial charge in [-0.1, -0.05) is 84.9 Å². The van der Waals surface area contributed by atoms with E-state index in [1.807, 2.05) is 83.8 Å². The molecule has 4 N–H and O–H groups in total. The van der Waals surface area contributed by atoms with Crippen LogP contribution in [0.5, 0.6) is 11.5 Å². The average molecular weight is 1390 g/mol. The van der Waals surface area contributed by atoms with E-state index < -0.39 is 43.5 Å². The molecule has 24 heteroatoms. The molecule has 10 aromatic rings. The van der Waals surface area contributed by atoms with Crippen LogP contribution in [0.3, 0.4) is 0 Å². The van der Waals surface area contributed by atoms with Gasteiger partial charge in [0.05, 0.1) is 23.6 Å². The molecule has 0 spiro atoms. The van der Waals surface area contributed by atoms with Crippen LogP contribution in [0.15, 0.2) is 170 Å². The van der Waals surface area contributed by atoms with Crippen molar-refractivity contribution in [2.24, 2.45) is 0 Å². The van der Waals surface area contributed by atoms with Gasteiger partial charge in [0.25, 0.3) is 0 Å². The van der Waals surface area contributed by atoms with Crippen molar-refractivity contribution in [1.29, 1.82) is 0 Å². The fourth-order valence-corrected chi connectivity index (χ4v) is 14.8. The molecule has 0 bridgehead atoms. The number of halogens is 6. The molecule has 0 radical (unpaired) electrons. The van der Waals surface area contributed by atoms with Crippen molar-refractivity contribution < 1.29 is 62.2 Å². The van der Waals surface area contributed by atoms with E-state index in [9.17, 15) is 52.8 Å². The highest BCUT2D eigenvalue weighted by atomic mass is 32.2. The minimum atomic E-state index is -4.38. The minimum Gasteiger partial charge on any atom is -0.489 e. The van der Waals surface area contributed by atoms with Crippen molar-refractivity contribution >= 4 is 86.6 Å². The summed E-state index contributed by atoms with van der Waals surface area (Å²) in [7, 11) is -6.31. The molecular formula is C74H78F6N8O8S2. The Labute approximate surface area is 565 Å². The molecule has 0 unspecified atom stereocenters. The van der Waals surface area contributed by atoms with Crippen LogP contribution in [-0.4, -0.2) is 132 Å². The van der Waals surface area contributed by atoms with Crippen molar-refractivity contribution in [2.75, 3.05) is 64.9 Å². The molecule has 4 aromatic heterocycles. The molecule has 0 atom stereocenters. The Morgan fingerprint density at radius 2 is 0.857 bits per heavy atom. The molecule has 2 amide bonds. The van der Waals surface area contributed by atoms with E-state index in [4.69, 9.17) is 9.47 Å². The molecular weight excluding hydrogens is 1310 g/mol. The van der Waals surface area contributed by atoms with E-state index in [-0.39, 0.29) is 18.4 Å². The first-order chi connectivity index (χ1) is 46.7. The van der Waals surface area contributed by atoms with E-state index in [1.165, 1.54) is 51.5 Å². The summed E-state index contributed by atoms with van der Waals surface area (Å²) in [6.45, 7) is 9.02. The maximum Gasteiger partial charge on any atom is 0.416 e. The number of carbonyl (C=O) groups is 2. The number of hydrogen-bond donors (Lipinski definition) is 4. The predicted octanol–water partition coefficient (Wildman–Crippen LogP) is 15.4. The van der Waals surface area contributed by atoms with Crippen LogP contribution >= 0.6 is 0 Å². The first kappa shape index (κ1) is 70.2. The number of sulfonamides is 2. The van der Waals surface area contributed by atoms with E-state index in [2.05, 4.69) is 62.7 Å². The number of hydrogen-bond acceptors (Lipinski definition) is 8. The van der Waals surface area contributed by atoms with Crippen LogP contribution in [0.2, 0.25) is 0 Å². The zero-order valence-electron chi connectivity index (χ0n) is 54.8.